The van der Waals surface area contributed by atoms with Crippen LogP contribution < -0.4 is 5.73 Å². The van der Waals surface area contributed by atoms with E-state index in [1.165, 1.54) is 5.56 Å². The highest BCUT2D eigenvalue weighted by atomic mass is 16.5. The summed E-state index contributed by atoms with van der Waals surface area (Å²) in [6, 6.07) is 10.6. The van der Waals surface area contributed by atoms with Crippen molar-refractivity contribution in [1.82, 2.24) is 19.9 Å². The van der Waals surface area contributed by atoms with Gasteiger partial charge in [0.25, 0.3) is 0 Å². The van der Waals surface area contributed by atoms with Crippen LogP contribution in [0.15, 0.2) is 34.9 Å². The van der Waals surface area contributed by atoms with E-state index in [-0.39, 0.29) is 0 Å². The number of nitrogens with zero attached hydrogens (tertiary/aromatic N) is 4. The van der Waals surface area contributed by atoms with Gasteiger partial charge < -0.3 is 10.3 Å². The monoisotopic (exact) mass is 301 g/mol. The van der Waals surface area contributed by atoms with Crippen molar-refractivity contribution < 1.29 is 4.52 Å². The number of hydrogen-bond acceptors (Lipinski definition) is 6. The SMILES string of the molecule is NCc1nc(CN2CCCN(Cc3ccccc3)CC2)no1. The Labute approximate surface area is 130 Å². The number of nitrogens with two attached hydrogens (primary N) is 1. The molecule has 0 atom stereocenters. The van der Waals surface area contributed by atoms with Crippen LogP contribution in [-0.2, 0) is 19.6 Å². The number of rotatable bonds is 5. The molecule has 0 radical (unpaired) electrons. The summed E-state index contributed by atoms with van der Waals surface area (Å²) < 4.78 is 5.06. The highest BCUT2D eigenvalue weighted by Crippen LogP contribution is 2.10. The number of benzene rings is 1. The molecule has 1 fully saturated rings. The van der Waals surface area contributed by atoms with Crippen molar-refractivity contribution in [3.63, 3.8) is 0 Å². The minimum absolute atomic E-state index is 0.303. The fourth-order valence-electron chi connectivity index (χ4n) is 2.82. The van der Waals surface area contributed by atoms with Crippen molar-refractivity contribution in [1.29, 1.82) is 0 Å². The van der Waals surface area contributed by atoms with E-state index in [0.717, 1.165) is 51.5 Å². The van der Waals surface area contributed by atoms with Gasteiger partial charge in [-0.1, -0.05) is 35.5 Å². The van der Waals surface area contributed by atoms with E-state index in [1.54, 1.807) is 0 Å². The standard InChI is InChI=1S/C16H23N5O/c17-11-16-18-15(19-22-16)13-21-8-4-7-20(9-10-21)12-14-5-2-1-3-6-14/h1-3,5-6H,4,7-13,17H2. The second-order valence-electron chi connectivity index (χ2n) is 5.70. The molecule has 3 rings (SSSR count). The number of hydrogen-bond donors (Lipinski definition) is 1. The largest absolute Gasteiger partial charge is 0.338 e. The van der Waals surface area contributed by atoms with E-state index in [9.17, 15) is 0 Å². The molecule has 2 N–H and O–H groups in total. The molecule has 2 aromatic rings. The molecule has 1 aromatic heterocycles. The van der Waals surface area contributed by atoms with E-state index >= 15 is 0 Å². The van der Waals surface area contributed by atoms with Gasteiger partial charge in [-0.3, -0.25) is 9.80 Å². The molecule has 1 aromatic carbocycles. The van der Waals surface area contributed by atoms with Crippen molar-refractivity contribution in [3.8, 4) is 0 Å². The van der Waals surface area contributed by atoms with Crippen LogP contribution in [0.3, 0.4) is 0 Å². The lowest BCUT2D eigenvalue weighted by Crippen LogP contribution is -2.30. The Kier molecular flexibility index (Phi) is 5.15. The Bertz CT molecular complexity index is 571. The summed E-state index contributed by atoms with van der Waals surface area (Å²) in [6.45, 7) is 6.36. The second kappa shape index (κ2) is 7.49. The lowest BCUT2D eigenvalue weighted by molar-refractivity contribution is 0.241. The average molecular weight is 301 g/mol. The smallest absolute Gasteiger partial charge is 0.240 e. The van der Waals surface area contributed by atoms with Gasteiger partial charge in [-0.05, 0) is 25.1 Å². The molecule has 2 heterocycles. The zero-order chi connectivity index (χ0) is 15.2. The highest BCUT2D eigenvalue weighted by molar-refractivity contribution is 5.14. The highest BCUT2D eigenvalue weighted by Gasteiger charge is 2.17. The maximum Gasteiger partial charge on any atom is 0.240 e. The molecule has 6 heteroatoms. The Balaban J connectivity index is 1.51. The van der Waals surface area contributed by atoms with Gasteiger partial charge in [0.05, 0.1) is 13.1 Å². The fraction of sp³-hybridized carbons (Fsp3) is 0.500. The third-order valence-electron chi connectivity index (χ3n) is 3.98. The molecule has 118 valence electrons. The van der Waals surface area contributed by atoms with Crippen molar-refractivity contribution in [2.45, 2.75) is 26.1 Å². The predicted molar refractivity (Wildman–Crippen MR) is 83.8 cm³/mol. The van der Waals surface area contributed by atoms with Crippen LogP contribution in [0, 0.1) is 0 Å². The molecule has 0 unspecified atom stereocenters. The fourth-order valence-corrected chi connectivity index (χ4v) is 2.82. The molecule has 0 aliphatic carbocycles. The summed E-state index contributed by atoms with van der Waals surface area (Å²) in [4.78, 5) is 9.18. The molecule has 0 spiro atoms. The summed E-state index contributed by atoms with van der Waals surface area (Å²) in [5.41, 5.74) is 6.87. The van der Waals surface area contributed by atoms with Gasteiger partial charge in [0.1, 0.15) is 0 Å². The molecule has 0 amide bonds. The van der Waals surface area contributed by atoms with Crippen molar-refractivity contribution in [3.05, 3.63) is 47.6 Å². The Morgan fingerprint density at radius 1 is 1.00 bits per heavy atom. The molecule has 22 heavy (non-hydrogen) atoms. The Hall–Kier alpha value is -1.76. The zero-order valence-electron chi connectivity index (χ0n) is 12.8. The molecule has 1 aliphatic rings. The van der Waals surface area contributed by atoms with Gasteiger partial charge in [-0.2, -0.15) is 4.98 Å². The van der Waals surface area contributed by atoms with Gasteiger partial charge in [0.15, 0.2) is 5.82 Å². The third kappa shape index (κ3) is 4.13. The normalized spacial score (nSPS) is 17.5. The van der Waals surface area contributed by atoms with Crippen LogP contribution in [0.5, 0.6) is 0 Å². The van der Waals surface area contributed by atoms with Crippen molar-refractivity contribution >= 4 is 0 Å². The average Bonchev–Trinajstić information content (AvgIpc) is 2.89. The predicted octanol–water partition coefficient (Wildman–Crippen LogP) is 1.24. The first kappa shape index (κ1) is 15.1. The third-order valence-corrected chi connectivity index (χ3v) is 3.98. The molecular formula is C16H23N5O. The van der Waals surface area contributed by atoms with Gasteiger partial charge in [0, 0.05) is 19.6 Å². The van der Waals surface area contributed by atoms with Gasteiger partial charge in [-0.15, -0.1) is 0 Å². The first-order valence-electron chi connectivity index (χ1n) is 7.83. The Morgan fingerprint density at radius 3 is 2.41 bits per heavy atom. The molecule has 6 nitrogen and oxygen atoms in total. The van der Waals surface area contributed by atoms with Crippen molar-refractivity contribution in [2.75, 3.05) is 26.2 Å². The van der Waals surface area contributed by atoms with Crippen LogP contribution >= 0.6 is 0 Å². The second-order valence-corrected chi connectivity index (χ2v) is 5.70. The minimum Gasteiger partial charge on any atom is -0.338 e. The molecule has 1 saturated heterocycles. The summed E-state index contributed by atoms with van der Waals surface area (Å²) in [5, 5.41) is 3.98. The minimum atomic E-state index is 0.303. The maximum atomic E-state index is 5.50. The van der Waals surface area contributed by atoms with Crippen LogP contribution in [0.4, 0.5) is 0 Å². The van der Waals surface area contributed by atoms with Gasteiger partial charge in [-0.25, -0.2) is 0 Å². The van der Waals surface area contributed by atoms with E-state index in [1.807, 2.05) is 0 Å². The van der Waals surface area contributed by atoms with Gasteiger partial charge in [0.2, 0.25) is 5.89 Å². The summed E-state index contributed by atoms with van der Waals surface area (Å²) in [6.07, 6.45) is 1.16. The quantitative estimate of drug-likeness (QED) is 0.896. The van der Waals surface area contributed by atoms with Gasteiger partial charge >= 0.3 is 0 Å². The van der Waals surface area contributed by atoms with E-state index in [0.29, 0.717) is 12.4 Å². The number of aromatic nitrogens is 2. The summed E-state index contributed by atoms with van der Waals surface area (Å²) in [7, 11) is 0. The van der Waals surface area contributed by atoms with Crippen LogP contribution in [0.25, 0.3) is 0 Å². The lowest BCUT2D eigenvalue weighted by atomic mass is 10.2. The van der Waals surface area contributed by atoms with Crippen molar-refractivity contribution in [2.24, 2.45) is 5.73 Å². The first-order chi connectivity index (χ1) is 10.8. The van der Waals surface area contributed by atoms with E-state index < -0.39 is 0 Å². The topological polar surface area (TPSA) is 71.4 Å². The maximum absolute atomic E-state index is 5.50. The zero-order valence-corrected chi connectivity index (χ0v) is 12.8. The summed E-state index contributed by atoms with van der Waals surface area (Å²) in [5.74, 6) is 1.24. The first-order valence-corrected chi connectivity index (χ1v) is 7.83. The van der Waals surface area contributed by atoms with Crippen LogP contribution in [0.1, 0.15) is 23.7 Å². The molecular weight excluding hydrogens is 278 g/mol. The molecule has 0 saturated carbocycles. The lowest BCUT2D eigenvalue weighted by Gasteiger charge is -2.21. The molecule has 1 aliphatic heterocycles. The summed E-state index contributed by atoms with van der Waals surface area (Å²) >= 11 is 0. The van der Waals surface area contributed by atoms with Crippen LogP contribution in [-0.4, -0.2) is 46.1 Å². The van der Waals surface area contributed by atoms with Crippen LogP contribution in [0.2, 0.25) is 0 Å². The Morgan fingerprint density at radius 2 is 1.73 bits per heavy atom. The molecule has 0 bridgehead atoms. The van der Waals surface area contributed by atoms with E-state index in [2.05, 4.69) is 50.3 Å². The van der Waals surface area contributed by atoms with E-state index in [4.69, 9.17) is 10.3 Å².